The molecule has 24 heavy (non-hydrogen) atoms. The van der Waals surface area contributed by atoms with Crippen molar-refractivity contribution in [2.75, 3.05) is 12.8 Å². The van der Waals surface area contributed by atoms with E-state index in [0.717, 1.165) is 6.42 Å². The normalized spacial score (nSPS) is 11.1. The second kappa shape index (κ2) is 9.85. The fraction of sp³-hybridized carbons (Fsp3) is 0.250. The summed E-state index contributed by atoms with van der Waals surface area (Å²) in [5.74, 6) is -0.0167. The molecule has 0 aromatic heterocycles. The fourth-order valence-electron chi connectivity index (χ4n) is 2.52. The number of esters is 1. The number of carbonyl (C=O) groups excluding carboxylic acids is 1. The van der Waals surface area contributed by atoms with Gasteiger partial charge in [0.15, 0.2) is 0 Å². The van der Waals surface area contributed by atoms with Crippen molar-refractivity contribution in [1.29, 1.82) is 0 Å². The number of benzene rings is 2. The molecule has 3 nitrogen and oxygen atoms in total. The lowest BCUT2D eigenvalue weighted by Crippen LogP contribution is -2.15. The monoisotopic (exact) mass is 340 g/mol. The third-order valence-corrected chi connectivity index (χ3v) is 4.71. The predicted molar refractivity (Wildman–Crippen MR) is 99.6 cm³/mol. The highest BCUT2D eigenvalue weighted by Gasteiger charge is 2.13. The zero-order valence-electron chi connectivity index (χ0n) is 14.1. The minimum Gasteiger partial charge on any atom is -0.464 e. The summed E-state index contributed by atoms with van der Waals surface area (Å²) < 4.78 is 10.8. The molecule has 0 saturated heterocycles. The summed E-state index contributed by atoms with van der Waals surface area (Å²) in [6.45, 7) is 5.88. The van der Waals surface area contributed by atoms with Gasteiger partial charge in [-0.3, -0.25) is 0 Å². The molecule has 2 aromatic rings. The SMILES string of the molecule is C=C(C)C(=O)OC[SiH2]OCCC(c1ccccc1)c1ccccc1. The van der Waals surface area contributed by atoms with Gasteiger partial charge in [0.25, 0.3) is 0 Å². The Kier molecular flexibility index (Phi) is 7.46. The first-order valence-electron chi connectivity index (χ1n) is 8.18. The van der Waals surface area contributed by atoms with Crippen LogP contribution in [0, 0.1) is 0 Å². The van der Waals surface area contributed by atoms with Gasteiger partial charge >= 0.3 is 5.97 Å². The lowest BCUT2D eigenvalue weighted by molar-refractivity contribution is -0.137. The van der Waals surface area contributed by atoms with Gasteiger partial charge in [-0.1, -0.05) is 67.2 Å². The van der Waals surface area contributed by atoms with Crippen LogP contribution < -0.4 is 0 Å². The average molecular weight is 340 g/mol. The summed E-state index contributed by atoms with van der Waals surface area (Å²) in [4.78, 5) is 11.3. The van der Waals surface area contributed by atoms with Crippen molar-refractivity contribution < 1.29 is 14.0 Å². The van der Waals surface area contributed by atoms with Crippen LogP contribution in [-0.4, -0.2) is 28.6 Å². The van der Waals surface area contributed by atoms with Crippen LogP contribution in [0.15, 0.2) is 72.8 Å². The molecule has 0 aliphatic carbocycles. The Labute approximate surface area is 146 Å². The molecule has 2 aromatic carbocycles. The highest BCUT2D eigenvalue weighted by Crippen LogP contribution is 2.27. The van der Waals surface area contributed by atoms with Gasteiger partial charge in [0, 0.05) is 18.1 Å². The molecule has 0 aliphatic rings. The van der Waals surface area contributed by atoms with E-state index in [1.807, 2.05) is 12.1 Å². The zero-order chi connectivity index (χ0) is 17.2. The van der Waals surface area contributed by atoms with Crippen molar-refractivity contribution in [3.8, 4) is 0 Å². The summed E-state index contributed by atoms with van der Waals surface area (Å²) in [5.41, 5.74) is 3.02. The third kappa shape index (κ3) is 5.79. The molecule has 0 aliphatic heterocycles. The Morgan fingerprint density at radius 2 is 1.58 bits per heavy atom. The van der Waals surface area contributed by atoms with Gasteiger partial charge in [-0.2, -0.15) is 0 Å². The molecule has 0 saturated carbocycles. The first kappa shape index (κ1) is 18.2. The van der Waals surface area contributed by atoms with Gasteiger partial charge in [0.2, 0.25) is 9.76 Å². The summed E-state index contributed by atoms with van der Waals surface area (Å²) >= 11 is 0. The van der Waals surface area contributed by atoms with Crippen molar-refractivity contribution >= 4 is 15.7 Å². The van der Waals surface area contributed by atoms with Crippen molar-refractivity contribution in [2.45, 2.75) is 19.3 Å². The van der Waals surface area contributed by atoms with Crippen LogP contribution in [0.5, 0.6) is 0 Å². The minimum absolute atomic E-state index is 0.319. The van der Waals surface area contributed by atoms with E-state index in [2.05, 4.69) is 55.1 Å². The molecular formula is C20H24O3Si. The molecule has 4 heteroatoms. The van der Waals surface area contributed by atoms with E-state index < -0.39 is 9.76 Å². The molecule has 0 unspecified atom stereocenters. The molecule has 0 heterocycles. The first-order chi connectivity index (χ1) is 11.7. The fourth-order valence-corrected chi connectivity index (χ4v) is 3.27. The van der Waals surface area contributed by atoms with E-state index in [-0.39, 0.29) is 5.97 Å². The number of hydrogen-bond donors (Lipinski definition) is 0. The molecule has 126 valence electrons. The van der Waals surface area contributed by atoms with E-state index >= 15 is 0 Å². The van der Waals surface area contributed by atoms with Gasteiger partial charge in [0.05, 0.1) is 0 Å². The summed E-state index contributed by atoms with van der Waals surface area (Å²) in [6.07, 6.45) is 1.31. The van der Waals surface area contributed by atoms with E-state index in [1.54, 1.807) is 6.92 Å². The molecule has 0 fully saturated rings. The van der Waals surface area contributed by atoms with Crippen LogP contribution in [0.4, 0.5) is 0 Å². The molecule has 0 bridgehead atoms. The van der Waals surface area contributed by atoms with Crippen molar-refractivity contribution in [3.63, 3.8) is 0 Å². The van der Waals surface area contributed by atoms with Gasteiger partial charge < -0.3 is 9.16 Å². The van der Waals surface area contributed by atoms with E-state index in [9.17, 15) is 4.79 Å². The lowest BCUT2D eigenvalue weighted by atomic mass is 9.89. The van der Waals surface area contributed by atoms with E-state index in [1.165, 1.54) is 11.1 Å². The van der Waals surface area contributed by atoms with Crippen molar-refractivity contribution in [3.05, 3.63) is 83.9 Å². The Morgan fingerprint density at radius 1 is 1.04 bits per heavy atom. The molecule has 0 radical (unpaired) electrons. The maximum atomic E-state index is 11.3. The standard InChI is InChI=1S/C20H24O3Si/c1-16(2)20(21)22-15-24-23-14-13-19(17-9-5-3-6-10-17)18-11-7-4-8-12-18/h3-12,19H,1,13-15,24H2,2H3. The predicted octanol–water partition coefficient (Wildman–Crippen LogP) is 3.39. The second-order valence-electron chi connectivity index (χ2n) is 5.69. The number of carbonyl (C=O) groups is 1. The van der Waals surface area contributed by atoms with Crippen LogP contribution in [0.3, 0.4) is 0 Å². The van der Waals surface area contributed by atoms with Gasteiger partial charge in [-0.15, -0.1) is 0 Å². The number of ether oxygens (including phenoxy) is 1. The maximum Gasteiger partial charge on any atom is 0.332 e. The highest BCUT2D eigenvalue weighted by atomic mass is 28.2. The largest absolute Gasteiger partial charge is 0.464 e. The number of hydrogen-bond acceptors (Lipinski definition) is 3. The smallest absolute Gasteiger partial charge is 0.332 e. The Morgan fingerprint density at radius 3 is 2.08 bits per heavy atom. The minimum atomic E-state index is -0.850. The van der Waals surface area contributed by atoms with Crippen LogP contribution in [0.25, 0.3) is 0 Å². The molecule has 0 spiro atoms. The van der Waals surface area contributed by atoms with Crippen molar-refractivity contribution in [2.24, 2.45) is 0 Å². The lowest BCUT2D eigenvalue weighted by Gasteiger charge is -2.18. The molecule has 0 atom stereocenters. The number of rotatable bonds is 9. The van der Waals surface area contributed by atoms with Crippen molar-refractivity contribution in [1.82, 2.24) is 0 Å². The van der Waals surface area contributed by atoms with E-state index in [4.69, 9.17) is 9.16 Å². The van der Waals surface area contributed by atoms with Gasteiger partial charge in [0.1, 0.15) is 6.23 Å². The summed E-state index contributed by atoms with van der Waals surface area (Å²) in [5, 5.41) is 0. The van der Waals surface area contributed by atoms with Gasteiger partial charge in [-0.05, 0) is 24.5 Å². The van der Waals surface area contributed by atoms with Crippen LogP contribution >= 0.6 is 0 Å². The van der Waals surface area contributed by atoms with Crippen LogP contribution in [0.1, 0.15) is 30.4 Å². The first-order valence-corrected chi connectivity index (χ1v) is 9.76. The van der Waals surface area contributed by atoms with E-state index in [0.29, 0.717) is 24.3 Å². The van der Waals surface area contributed by atoms with Crippen LogP contribution in [0.2, 0.25) is 0 Å². The topological polar surface area (TPSA) is 35.5 Å². The quantitative estimate of drug-likeness (QED) is 0.304. The Bertz CT molecular complexity index is 601. The second-order valence-corrected chi connectivity index (χ2v) is 6.92. The molecule has 0 N–H and O–H groups in total. The molecular weight excluding hydrogens is 316 g/mol. The summed E-state index contributed by atoms with van der Waals surface area (Å²) in [6, 6.07) is 21.0. The Hall–Kier alpha value is -2.17. The maximum absolute atomic E-state index is 11.3. The molecule has 0 amide bonds. The average Bonchev–Trinajstić information content (AvgIpc) is 2.62. The molecule has 2 rings (SSSR count). The highest BCUT2D eigenvalue weighted by molar-refractivity contribution is 6.27. The summed E-state index contributed by atoms with van der Waals surface area (Å²) in [7, 11) is -0.850. The van der Waals surface area contributed by atoms with Crippen LogP contribution in [-0.2, 0) is 14.0 Å². The third-order valence-electron chi connectivity index (χ3n) is 3.76. The zero-order valence-corrected chi connectivity index (χ0v) is 15.5. The Balaban J connectivity index is 1.84. The van der Waals surface area contributed by atoms with Gasteiger partial charge in [-0.25, -0.2) is 4.79 Å².